The average Bonchev–Trinajstić information content (AvgIpc) is 2.43. The van der Waals surface area contributed by atoms with Crippen LogP contribution in [0.1, 0.15) is 25.5 Å². The molecule has 8 heteroatoms. The first-order valence-corrected chi connectivity index (χ1v) is 8.38. The minimum absolute atomic E-state index is 0.182. The highest BCUT2D eigenvalue weighted by atomic mass is 32.2. The van der Waals surface area contributed by atoms with E-state index in [0.717, 1.165) is 17.4 Å². The molecular formula is C13H21N3O4S. The first-order chi connectivity index (χ1) is 9.67. The van der Waals surface area contributed by atoms with Gasteiger partial charge in [-0.2, -0.15) is 4.31 Å². The number of rotatable bonds is 2. The molecule has 1 aliphatic rings. The monoisotopic (exact) mass is 315 g/mol. The van der Waals surface area contributed by atoms with Gasteiger partial charge >= 0.3 is 5.69 Å². The summed E-state index contributed by atoms with van der Waals surface area (Å²) in [6, 6.07) is 0. The fraction of sp³-hybridized carbons (Fsp3) is 0.692. The molecule has 0 amide bonds. The minimum atomic E-state index is -3.88. The second-order valence-electron chi connectivity index (χ2n) is 5.73. The Morgan fingerprint density at radius 3 is 2.33 bits per heavy atom. The first kappa shape index (κ1) is 16.0. The third kappa shape index (κ3) is 2.57. The highest BCUT2D eigenvalue weighted by Crippen LogP contribution is 2.22. The van der Waals surface area contributed by atoms with E-state index in [0.29, 0.717) is 13.1 Å². The van der Waals surface area contributed by atoms with Crippen molar-refractivity contribution in [3.05, 3.63) is 26.5 Å². The van der Waals surface area contributed by atoms with Gasteiger partial charge in [-0.15, -0.1) is 0 Å². The van der Waals surface area contributed by atoms with E-state index in [9.17, 15) is 18.0 Å². The topological polar surface area (TPSA) is 81.4 Å². The summed E-state index contributed by atoms with van der Waals surface area (Å²) in [5, 5.41) is 0. The zero-order chi connectivity index (χ0) is 15.9. The number of sulfonamides is 1. The van der Waals surface area contributed by atoms with Crippen molar-refractivity contribution < 1.29 is 8.42 Å². The van der Waals surface area contributed by atoms with Crippen LogP contribution in [0.2, 0.25) is 0 Å². The number of hydrogen-bond donors (Lipinski definition) is 0. The third-order valence-corrected chi connectivity index (χ3v) is 6.12. The predicted octanol–water partition coefficient (Wildman–Crippen LogP) is -0.187. The van der Waals surface area contributed by atoms with Crippen molar-refractivity contribution in [3.63, 3.8) is 0 Å². The van der Waals surface area contributed by atoms with E-state index in [4.69, 9.17) is 0 Å². The third-order valence-electron chi connectivity index (χ3n) is 4.12. The molecule has 1 saturated heterocycles. The van der Waals surface area contributed by atoms with Crippen LogP contribution in [0.5, 0.6) is 0 Å². The van der Waals surface area contributed by atoms with Gasteiger partial charge in [0.2, 0.25) is 10.0 Å². The summed E-state index contributed by atoms with van der Waals surface area (Å²) in [6.07, 6.45) is 1.77. The molecule has 1 atom stereocenters. The molecule has 7 nitrogen and oxygen atoms in total. The summed E-state index contributed by atoms with van der Waals surface area (Å²) in [5.41, 5.74) is -1.10. The van der Waals surface area contributed by atoms with Crippen LogP contribution in [0.25, 0.3) is 0 Å². The van der Waals surface area contributed by atoms with Gasteiger partial charge < -0.3 is 0 Å². The van der Waals surface area contributed by atoms with E-state index >= 15 is 0 Å². The van der Waals surface area contributed by atoms with Crippen LogP contribution >= 0.6 is 0 Å². The predicted molar refractivity (Wildman–Crippen MR) is 78.8 cm³/mol. The maximum atomic E-state index is 12.8. The van der Waals surface area contributed by atoms with Crippen molar-refractivity contribution in [2.24, 2.45) is 20.0 Å². The lowest BCUT2D eigenvalue weighted by Gasteiger charge is -2.30. The molecule has 1 aromatic rings. The van der Waals surface area contributed by atoms with Crippen LogP contribution in [0.3, 0.4) is 0 Å². The summed E-state index contributed by atoms with van der Waals surface area (Å²) in [4.78, 5) is 23.8. The molecule has 0 saturated carbocycles. The molecule has 118 valence electrons. The number of nitrogens with zero attached hydrogens (tertiary/aromatic N) is 3. The molecule has 2 rings (SSSR count). The van der Waals surface area contributed by atoms with Crippen LogP contribution in [0, 0.1) is 12.8 Å². The standard InChI is InChI=1S/C13H21N3O4S/c1-9-6-5-7-16(8-9)21(19,20)11-10(2)14(3)13(18)15(4)12(11)17/h9H,5-8H2,1-4H3/t9-/m1/s1. The number of hydrogen-bond acceptors (Lipinski definition) is 4. The van der Waals surface area contributed by atoms with Gasteiger partial charge in [-0.1, -0.05) is 6.92 Å². The first-order valence-electron chi connectivity index (χ1n) is 6.94. The second-order valence-corrected chi connectivity index (χ2v) is 7.61. The highest BCUT2D eigenvalue weighted by Gasteiger charge is 2.33. The highest BCUT2D eigenvalue weighted by molar-refractivity contribution is 7.89. The molecule has 0 radical (unpaired) electrons. The Labute approximate surface area is 123 Å². The van der Waals surface area contributed by atoms with Gasteiger partial charge in [0.1, 0.15) is 0 Å². The molecular weight excluding hydrogens is 294 g/mol. The molecule has 0 aliphatic carbocycles. The van der Waals surface area contributed by atoms with E-state index in [1.165, 1.54) is 29.9 Å². The summed E-state index contributed by atoms with van der Waals surface area (Å²) < 4.78 is 29.0. The second kappa shape index (κ2) is 5.42. The maximum Gasteiger partial charge on any atom is 0.330 e. The van der Waals surface area contributed by atoms with Crippen LogP contribution in [0.15, 0.2) is 14.5 Å². The van der Waals surface area contributed by atoms with Crippen LogP contribution < -0.4 is 11.2 Å². The summed E-state index contributed by atoms with van der Waals surface area (Å²) in [6.45, 7) is 4.31. The Balaban J connectivity index is 2.66. The van der Waals surface area contributed by atoms with Gasteiger partial charge in [0.05, 0.1) is 0 Å². The Kier molecular flexibility index (Phi) is 4.12. The Morgan fingerprint density at radius 2 is 1.76 bits per heavy atom. The van der Waals surface area contributed by atoms with Gasteiger partial charge in [-0.3, -0.25) is 13.9 Å². The molecule has 1 aliphatic heterocycles. The quantitative estimate of drug-likeness (QED) is 0.758. The lowest BCUT2D eigenvalue weighted by Crippen LogP contribution is -2.46. The van der Waals surface area contributed by atoms with Crippen molar-refractivity contribution in [1.82, 2.24) is 13.4 Å². The lowest BCUT2D eigenvalue weighted by atomic mass is 10.0. The van der Waals surface area contributed by atoms with Gasteiger partial charge in [0.15, 0.2) is 4.90 Å². The maximum absolute atomic E-state index is 12.8. The van der Waals surface area contributed by atoms with Crippen LogP contribution in [-0.4, -0.2) is 34.9 Å². The van der Waals surface area contributed by atoms with Crippen LogP contribution in [0.4, 0.5) is 0 Å². The van der Waals surface area contributed by atoms with E-state index in [1.807, 2.05) is 6.92 Å². The van der Waals surface area contributed by atoms with Gasteiger partial charge in [0, 0.05) is 32.9 Å². The molecule has 0 unspecified atom stereocenters. The van der Waals surface area contributed by atoms with E-state index in [2.05, 4.69) is 0 Å². The van der Waals surface area contributed by atoms with Crippen LogP contribution in [-0.2, 0) is 24.1 Å². The Bertz CT molecular complexity index is 776. The molecule has 1 aromatic heterocycles. The lowest BCUT2D eigenvalue weighted by molar-refractivity contribution is 0.280. The normalized spacial score (nSPS) is 20.7. The molecule has 0 N–H and O–H groups in total. The summed E-state index contributed by atoms with van der Waals surface area (Å²) >= 11 is 0. The summed E-state index contributed by atoms with van der Waals surface area (Å²) in [7, 11) is -1.12. The van der Waals surface area contributed by atoms with E-state index < -0.39 is 21.3 Å². The molecule has 0 bridgehead atoms. The zero-order valence-corrected chi connectivity index (χ0v) is 13.6. The Morgan fingerprint density at radius 1 is 1.14 bits per heavy atom. The fourth-order valence-electron chi connectivity index (χ4n) is 2.71. The Hall–Kier alpha value is -1.41. The van der Waals surface area contributed by atoms with Crippen molar-refractivity contribution in [1.29, 1.82) is 0 Å². The van der Waals surface area contributed by atoms with Crippen molar-refractivity contribution in [3.8, 4) is 0 Å². The molecule has 2 heterocycles. The molecule has 1 fully saturated rings. The zero-order valence-electron chi connectivity index (χ0n) is 12.8. The van der Waals surface area contributed by atoms with E-state index in [1.54, 1.807) is 0 Å². The van der Waals surface area contributed by atoms with E-state index in [-0.39, 0.29) is 16.5 Å². The summed E-state index contributed by atoms with van der Waals surface area (Å²) in [5.74, 6) is 0.269. The SMILES string of the molecule is Cc1c(S(=O)(=O)N2CCC[C@@H](C)C2)c(=O)n(C)c(=O)n1C. The number of piperidine rings is 1. The van der Waals surface area contributed by atoms with Crippen molar-refractivity contribution >= 4 is 10.0 Å². The average molecular weight is 315 g/mol. The smallest absolute Gasteiger partial charge is 0.300 e. The van der Waals surface area contributed by atoms with Gasteiger partial charge in [-0.25, -0.2) is 13.2 Å². The molecule has 0 aromatic carbocycles. The van der Waals surface area contributed by atoms with Crippen molar-refractivity contribution in [2.45, 2.75) is 31.6 Å². The number of aromatic nitrogens is 2. The molecule has 0 spiro atoms. The largest absolute Gasteiger partial charge is 0.330 e. The minimum Gasteiger partial charge on any atom is -0.300 e. The fourth-order valence-corrected chi connectivity index (χ4v) is 4.65. The van der Waals surface area contributed by atoms with Gasteiger partial charge in [0.25, 0.3) is 5.56 Å². The molecule has 21 heavy (non-hydrogen) atoms. The van der Waals surface area contributed by atoms with Crippen molar-refractivity contribution in [2.75, 3.05) is 13.1 Å². The van der Waals surface area contributed by atoms with Gasteiger partial charge in [-0.05, 0) is 25.7 Å².